The third-order valence-electron chi connectivity index (χ3n) is 6.81. The van der Waals surface area contributed by atoms with E-state index in [1.165, 1.54) is 36.1 Å². The van der Waals surface area contributed by atoms with Crippen LogP contribution in [0.25, 0.3) is 0 Å². The number of methoxy groups -OCH3 is 2. The van der Waals surface area contributed by atoms with E-state index < -0.39 is 0 Å². The summed E-state index contributed by atoms with van der Waals surface area (Å²) in [4.78, 5) is 5.60. The van der Waals surface area contributed by atoms with Crippen LogP contribution >= 0.6 is 11.3 Å². The Morgan fingerprint density at radius 1 is 1.00 bits per heavy atom. The highest BCUT2D eigenvalue weighted by molar-refractivity contribution is 7.12. The lowest BCUT2D eigenvalue weighted by molar-refractivity contribution is 0.207. The molecule has 4 nitrogen and oxygen atoms in total. The molecule has 1 unspecified atom stereocenters. The SMILES string of the molecule is COc1ccc(C2c3sc4c(c3CCN2Cc2ccccc2C#N)CCCC4)cc1OC. The highest BCUT2D eigenvalue weighted by Crippen LogP contribution is 2.46. The van der Waals surface area contributed by atoms with Gasteiger partial charge >= 0.3 is 0 Å². The Balaban J connectivity index is 1.61. The highest BCUT2D eigenvalue weighted by atomic mass is 32.1. The fourth-order valence-electron chi connectivity index (χ4n) is 5.24. The smallest absolute Gasteiger partial charge is 0.161 e. The zero-order chi connectivity index (χ0) is 22.1. The minimum atomic E-state index is 0.154. The second-order valence-electron chi connectivity index (χ2n) is 8.56. The minimum absolute atomic E-state index is 0.154. The van der Waals surface area contributed by atoms with Gasteiger partial charge in [-0.25, -0.2) is 0 Å². The normalized spacial score (nSPS) is 17.8. The molecule has 0 fully saturated rings. The summed E-state index contributed by atoms with van der Waals surface area (Å²) < 4.78 is 11.1. The second-order valence-corrected chi connectivity index (χ2v) is 9.70. The molecule has 1 atom stereocenters. The molecule has 0 saturated carbocycles. The first kappa shape index (κ1) is 21.1. The zero-order valence-corrected chi connectivity index (χ0v) is 19.5. The molecule has 1 aliphatic heterocycles. The molecule has 5 rings (SSSR count). The third-order valence-corrected chi connectivity index (χ3v) is 8.20. The van der Waals surface area contributed by atoms with Crippen molar-refractivity contribution < 1.29 is 9.47 Å². The Morgan fingerprint density at radius 2 is 1.81 bits per heavy atom. The van der Waals surface area contributed by atoms with E-state index >= 15 is 0 Å². The molecule has 164 valence electrons. The molecule has 2 heterocycles. The van der Waals surface area contributed by atoms with Gasteiger partial charge in [0.2, 0.25) is 0 Å². The molecule has 5 heteroatoms. The Kier molecular flexibility index (Phi) is 5.91. The standard InChI is InChI=1S/C27H28N2O2S/c1-30-23-12-11-18(15-24(23)31-2)26-27-22(21-9-5-6-10-25(21)32-27)13-14-29(26)17-20-8-4-3-7-19(20)16-28/h3-4,7-8,11-12,15,26H,5-6,9-10,13-14,17H2,1-2H3. The topological polar surface area (TPSA) is 45.5 Å². The third kappa shape index (κ3) is 3.68. The quantitative estimate of drug-likeness (QED) is 0.509. The number of rotatable bonds is 5. The first-order chi connectivity index (χ1) is 15.7. The second kappa shape index (κ2) is 8.97. The molecule has 0 spiro atoms. The van der Waals surface area contributed by atoms with Gasteiger partial charge in [-0.1, -0.05) is 24.3 Å². The maximum Gasteiger partial charge on any atom is 0.161 e. The monoisotopic (exact) mass is 444 g/mol. The number of hydrogen-bond acceptors (Lipinski definition) is 5. The number of hydrogen-bond donors (Lipinski definition) is 0. The van der Waals surface area contributed by atoms with Gasteiger partial charge in [0.05, 0.1) is 31.9 Å². The summed E-state index contributed by atoms with van der Waals surface area (Å²) in [5, 5.41) is 9.63. The fraction of sp³-hybridized carbons (Fsp3) is 0.370. The van der Waals surface area contributed by atoms with E-state index in [2.05, 4.69) is 29.2 Å². The van der Waals surface area contributed by atoms with Crippen LogP contribution in [0.4, 0.5) is 0 Å². The molecule has 32 heavy (non-hydrogen) atoms. The van der Waals surface area contributed by atoms with Gasteiger partial charge in [0.25, 0.3) is 0 Å². The van der Waals surface area contributed by atoms with Crippen molar-refractivity contribution in [3.8, 4) is 17.6 Å². The Morgan fingerprint density at radius 3 is 2.62 bits per heavy atom. The molecule has 3 aromatic rings. The van der Waals surface area contributed by atoms with Gasteiger partial charge in [-0.3, -0.25) is 4.90 Å². The van der Waals surface area contributed by atoms with Crippen molar-refractivity contribution in [3.63, 3.8) is 0 Å². The van der Waals surface area contributed by atoms with Crippen molar-refractivity contribution in [3.05, 3.63) is 80.0 Å². The average molecular weight is 445 g/mol. The number of nitrogens with zero attached hydrogens (tertiary/aromatic N) is 2. The Hall–Kier alpha value is -2.81. The van der Waals surface area contributed by atoms with Crippen LogP contribution < -0.4 is 9.47 Å². The van der Waals surface area contributed by atoms with Crippen LogP contribution in [0.1, 0.15) is 56.5 Å². The molecule has 0 N–H and O–H groups in total. The predicted octanol–water partition coefficient (Wildman–Crippen LogP) is 5.66. The average Bonchev–Trinajstić information content (AvgIpc) is 3.22. The maximum absolute atomic E-state index is 9.63. The lowest BCUT2D eigenvalue weighted by atomic mass is 9.88. The summed E-state index contributed by atoms with van der Waals surface area (Å²) in [5.41, 5.74) is 6.27. The summed E-state index contributed by atoms with van der Waals surface area (Å²) in [6, 6.07) is 16.8. The summed E-state index contributed by atoms with van der Waals surface area (Å²) in [6.45, 7) is 1.74. The van der Waals surface area contributed by atoms with Gasteiger partial charge < -0.3 is 9.47 Å². The Labute approximate surface area is 194 Å². The van der Waals surface area contributed by atoms with Crippen LogP contribution in [-0.4, -0.2) is 25.7 Å². The predicted molar refractivity (Wildman–Crippen MR) is 128 cm³/mol. The summed E-state index contributed by atoms with van der Waals surface area (Å²) >= 11 is 2.01. The van der Waals surface area contributed by atoms with E-state index in [-0.39, 0.29) is 6.04 Å². The fourth-order valence-corrected chi connectivity index (χ4v) is 6.84. The molecule has 0 bridgehead atoms. The number of thiophene rings is 1. The molecule has 1 aromatic heterocycles. The lowest BCUT2D eigenvalue weighted by Crippen LogP contribution is -2.35. The largest absolute Gasteiger partial charge is 0.493 e. The van der Waals surface area contributed by atoms with Crippen molar-refractivity contribution in [1.82, 2.24) is 4.90 Å². The molecule has 2 aromatic carbocycles. The van der Waals surface area contributed by atoms with Crippen molar-refractivity contribution in [2.24, 2.45) is 0 Å². The van der Waals surface area contributed by atoms with Crippen molar-refractivity contribution >= 4 is 11.3 Å². The number of nitriles is 1. The van der Waals surface area contributed by atoms with Gasteiger partial charge in [0.15, 0.2) is 11.5 Å². The minimum Gasteiger partial charge on any atom is -0.493 e. The van der Waals surface area contributed by atoms with Gasteiger partial charge in [-0.2, -0.15) is 5.26 Å². The van der Waals surface area contributed by atoms with Crippen LogP contribution in [0.3, 0.4) is 0 Å². The summed E-state index contributed by atoms with van der Waals surface area (Å²) in [5.74, 6) is 1.51. The van der Waals surface area contributed by atoms with Gasteiger partial charge in [-0.05, 0) is 72.6 Å². The molecule has 2 aliphatic rings. The van der Waals surface area contributed by atoms with Crippen LogP contribution in [-0.2, 0) is 25.8 Å². The van der Waals surface area contributed by atoms with Crippen molar-refractivity contribution in [1.29, 1.82) is 5.26 Å². The number of ether oxygens (including phenoxy) is 2. The van der Waals surface area contributed by atoms with Crippen molar-refractivity contribution in [2.75, 3.05) is 20.8 Å². The highest BCUT2D eigenvalue weighted by Gasteiger charge is 2.34. The first-order valence-corrected chi connectivity index (χ1v) is 12.1. The molecule has 1 aliphatic carbocycles. The van der Waals surface area contributed by atoms with E-state index in [9.17, 15) is 5.26 Å². The van der Waals surface area contributed by atoms with Gasteiger partial charge in [0.1, 0.15) is 0 Å². The molecule has 0 radical (unpaired) electrons. The van der Waals surface area contributed by atoms with E-state index in [4.69, 9.17) is 9.47 Å². The molecule has 0 saturated heterocycles. The van der Waals surface area contributed by atoms with Crippen molar-refractivity contribution in [2.45, 2.75) is 44.7 Å². The van der Waals surface area contributed by atoms with E-state index in [1.807, 2.05) is 35.6 Å². The van der Waals surface area contributed by atoms with Crippen LogP contribution in [0, 0.1) is 11.3 Å². The van der Waals surface area contributed by atoms with E-state index in [1.54, 1.807) is 30.2 Å². The van der Waals surface area contributed by atoms with Gasteiger partial charge in [0, 0.05) is 22.8 Å². The molecular formula is C27H28N2O2S. The van der Waals surface area contributed by atoms with E-state index in [0.29, 0.717) is 0 Å². The number of aryl methyl sites for hydroxylation is 1. The first-order valence-electron chi connectivity index (χ1n) is 11.3. The summed E-state index contributed by atoms with van der Waals surface area (Å²) in [6.07, 6.45) is 6.11. The van der Waals surface area contributed by atoms with Gasteiger partial charge in [-0.15, -0.1) is 11.3 Å². The zero-order valence-electron chi connectivity index (χ0n) is 18.7. The molecule has 0 amide bonds. The van der Waals surface area contributed by atoms with E-state index in [0.717, 1.165) is 42.1 Å². The maximum atomic E-state index is 9.63. The number of fused-ring (bicyclic) bond motifs is 3. The lowest BCUT2D eigenvalue weighted by Gasteiger charge is -2.37. The molecular weight excluding hydrogens is 416 g/mol. The summed E-state index contributed by atoms with van der Waals surface area (Å²) in [7, 11) is 3.37. The van der Waals surface area contributed by atoms with Crippen LogP contribution in [0.2, 0.25) is 0 Å². The number of benzene rings is 2. The Bertz CT molecular complexity index is 1180. The van der Waals surface area contributed by atoms with Crippen LogP contribution in [0.5, 0.6) is 11.5 Å². The van der Waals surface area contributed by atoms with Crippen LogP contribution in [0.15, 0.2) is 42.5 Å².